The molecular weight excluding hydrogens is 467 g/mol. The van der Waals surface area contributed by atoms with Crippen LogP contribution >= 0.6 is 7.26 Å². The lowest BCUT2D eigenvalue weighted by Gasteiger charge is -2.33. The van der Waals surface area contributed by atoms with E-state index >= 15 is 0 Å². The van der Waals surface area contributed by atoms with Crippen molar-refractivity contribution in [1.29, 1.82) is 0 Å². The fraction of sp³-hybridized carbons (Fsp3) is 0.333. The van der Waals surface area contributed by atoms with Gasteiger partial charge in [-0.15, -0.1) is 0 Å². The molecule has 0 spiro atoms. The second-order valence-electron chi connectivity index (χ2n) is 7.87. The molecule has 0 aliphatic carbocycles. The summed E-state index contributed by atoms with van der Waals surface area (Å²) in [6, 6.07) is 16.9. The van der Waals surface area contributed by atoms with E-state index in [-0.39, 0.29) is 0 Å². The molecule has 7 nitrogen and oxygen atoms in total. The maximum Gasteiger partial charge on any atom is 0.188 e. The average Bonchev–Trinajstić information content (AvgIpc) is 2.90. The van der Waals surface area contributed by atoms with E-state index in [1.54, 1.807) is 49.6 Å². The first-order chi connectivity index (χ1) is 16.9. The quantitative estimate of drug-likeness (QED) is 0.404. The Hall–Kier alpha value is -3.15. The Balaban J connectivity index is 2.73. The molecule has 0 radical (unpaired) electrons. The molecule has 0 fully saturated rings. The van der Waals surface area contributed by atoms with Gasteiger partial charge in [0.25, 0.3) is 0 Å². The Morgan fingerprint density at radius 3 is 0.943 bits per heavy atom. The third-order valence-electron chi connectivity index (χ3n) is 5.89. The van der Waals surface area contributed by atoms with Crippen LogP contribution in [0, 0.1) is 0 Å². The molecule has 3 aromatic rings. The molecule has 0 saturated heterocycles. The minimum absolute atomic E-state index is 0.317. The predicted octanol–water partition coefficient (Wildman–Crippen LogP) is 3.41. The van der Waals surface area contributed by atoms with Crippen LogP contribution in [-0.2, 0) is 0 Å². The van der Waals surface area contributed by atoms with Crippen LogP contribution in [0.5, 0.6) is 34.5 Å². The number of rotatable bonds is 11. The van der Waals surface area contributed by atoms with E-state index in [1.807, 2.05) is 54.6 Å². The van der Waals surface area contributed by atoms with Crippen LogP contribution in [0.25, 0.3) is 0 Å². The van der Waals surface area contributed by atoms with E-state index in [1.165, 1.54) is 0 Å². The summed E-state index contributed by atoms with van der Waals surface area (Å²) in [6.07, 6.45) is -0.404. The highest BCUT2D eigenvalue weighted by Gasteiger charge is 2.57. The van der Waals surface area contributed by atoms with Gasteiger partial charge in [-0.3, -0.25) is 0 Å². The summed E-state index contributed by atoms with van der Waals surface area (Å²) in [5.41, 5.74) is 0. The van der Waals surface area contributed by atoms with Crippen LogP contribution in [0.4, 0.5) is 0 Å². The molecule has 3 rings (SSSR count). The minimum Gasteiger partial charge on any atom is -0.492 e. The number of hydrogen-bond donors (Lipinski definition) is 1. The SMILES string of the molecule is COc1cccc(OC)c1[P+](CC(C)O)(c1c(OC)cccc1OC)c1c(OC)cccc1OC. The van der Waals surface area contributed by atoms with Gasteiger partial charge in [0.1, 0.15) is 13.4 Å². The average molecular weight is 502 g/mol. The van der Waals surface area contributed by atoms with E-state index < -0.39 is 13.4 Å². The molecule has 0 amide bonds. The van der Waals surface area contributed by atoms with Gasteiger partial charge in [-0.2, -0.15) is 0 Å². The lowest BCUT2D eigenvalue weighted by molar-refractivity contribution is 0.219. The Bertz CT molecular complexity index is 945. The molecule has 0 saturated carbocycles. The normalized spacial score (nSPS) is 12.0. The summed E-state index contributed by atoms with van der Waals surface area (Å²) in [5.74, 6) is 3.66. The Kier molecular flexibility index (Phi) is 8.71. The highest BCUT2D eigenvalue weighted by molar-refractivity contribution is 7.96. The Morgan fingerprint density at radius 1 is 0.543 bits per heavy atom. The van der Waals surface area contributed by atoms with Gasteiger partial charge < -0.3 is 33.5 Å². The molecule has 0 aromatic heterocycles. The summed E-state index contributed by atoms with van der Waals surface area (Å²) in [7, 11) is 6.78. The molecule has 1 atom stereocenters. The highest BCUT2D eigenvalue weighted by atomic mass is 31.2. The number of hydrogen-bond acceptors (Lipinski definition) is 7. The van der Waals surface area contributed by atoms with Crippen molar-refractivity contribution in [1.82, 2.24) is 0 Å². The van der Waals surface area contributed by atoms with Crippen molar-refractivity contribution in [3.8, 4) is 34.5 Å². The van der Waals surface area contributed by atoms with Crippen molar-refractivity contribution in [3.05, 3.63) is 54.6 Å². The second kappa shape index (κ2) is 11.5. The van der Waals surface area contributed by atoms with E-state index in [0.717, 1.165) is 15.9 Å². The van der Waals surface area contributed by atoms with Gasteiger partial charge in [0, 0.05) is 0 Å². The smallest absolute Gasteiger partial charge is 0.188 e. The molecular formula is C27H34O7P+. The fourth-order valence-electron chi connectivity index (χ4n) is 4.63. The van der Waals surface area contributed by atoms with E-state index in [9.17, 15) is 5.11 Å². The van der Waals surface area contributed by atoms with Gasteiger partial charge in [-0.1, -0.05) is 18.2 Å². The number of ether oxygens (including phenoxy) is 6. The molecule has 1 unspecified atom stereocenters. The Labute approximate surface area is 207 Å². The van der Waals surface area contributed by atoms with Gasteiger partial charge in [0.15, 0.2) is 50.4 Å². The summed E-state index contributed by atoms with van der Waals surface area (Å²) in [4.78, 5) is 0. The first-order valence-electron chi connectivity index (χ1n) is 11.1. The number of aliphatic hydroxyl groups excluding tert-OH is 1. The van der Waals surface area contributed by atoms with Crippen LogP contribution in [-0.4, -0.2) is 60.0 Å². The van der Waals surface area contributed by atoms with E-state index in [2.05, 4.69) is 0 Å². The molecule has 0 heterocycles. The lowest BCUT2D eigenvalue weighted by Crippen LogP contribution is -2.39. The van der Waals surface area contributed by atoms with Crippen LogP contribution in [0.3, 0.4) is 0 Å². The molecule has 0 aliphatic rings. The van der Waals surface area contributed by atoms with E-state index in [0.29, 0.717) is 40.7 Å². The van der Waals surface area contributed by atoms with Gasteiger partial charge in [-0.25, -0.2) is 0 Å². The van der Waals surface area contributed by atoms with Gasteiger partial charge >= 0.3 is 0 Å². The van der Waals surface area contributed by atoms with Crippen molar-refractivity contribution in [3.63, 3.8) is 0 Å². The monoisotopic (exact) mass is 501 g/mol. The first kappa shape index (κ1) is 26.5. The van der Waals surface area contributed by atoms with Crippen molar-refractivity contribution in [2.24, 2.45) is 0 Å². The third-order valence-corrected chi connectivity index (χ3v) is 10.6. The minimum atomic E-state index is -2.93. The fourth-order valence-corrected chi connectivity index (χ4v) is 9.89. The van der Waals surface area contributed by atoms with Crippen molar-refractivity contribution in [2.75, 3.05) is 48.8 Å². The largest absolute Gasteiger partial charge is 0.492 e. The van der Waals surface area contributed by atoms with Crippen LogP contribution in [0.2, 0.25) is 0 Å². The zero-order valence-corrected chi connectivity index (χ0v) is 22.2. The molecule has 3 aromatic carbocycles. The molecule has 188 valence electrons. The second-order valence-corrected chi connectivity index (χ2v) is 11.2. The predicted molar refractivity (Wildman–Crippen MR) is 141 cm³/mol. The number of benzene rings is 3. The van der Waals surface area contributed by atoms with Crippen molar-refractivity contribution >= 4 is 23.2 Å². The van der Waals surface area contributed by atoms with Gasteiger partial charge in [-0.05, 0) is 43.3 Å². The summed E-state index contributed by atoms with van der Waals surface area (Å²) in [5, 5.41) is 13.4. The van der Waals surface area contributed by atoms with Crippen molar-refractivity contribution < 1.29 is 33.5 Å². The van der Waals surface area contributed by atoms with Crippen LogP contribution < -0.4 is 44.3 Å². The molecule has 1 N–H and O–H groups in total. The van der Waals surface area contributed by atoms with E-state index in [4.69, 9.17) is 28.4 Å². The molecule has 35 heavy (non-hydrogen) atoms. The third kappa shape index (κ3) is 4.71. The van der Waals surface area contributed by atoms with Crippen LogP contribution in [0.15, 0.2) is 54.6 Å². The lowest BCUT2D eigenvalue weighted by atomic mass is 10.3. The zero-order chi connectivity index (χ0) is 25.6. The summed E-state index contributed by atoms with van der Waals surface area (Å²) < 4.78 is 35.5. The molecule has 0 aliphatic heterocycles. The summed E-state index contributed by atoms with van der Waals surface area (Å²) >= 11 is 0. The number of aliphatic hydroxyl groups is 1. The van der Waals surface area contributed by atoms with Crippen LogP contribution in [0.1, 0.15) is 6.92 Å². The maximum atomic E-state index is 11.0. The Morgan fingerprint density at radius 2 is 0.771 bits per heavy atom. The number of methoxy groups -OCH3 is 6. The first-order valence-corrected chi connectivity index (χ1v) is 13.1. The maximum absolute atomic E-state index is 11.0. The standard InChI is InChI=1S/C27H34O7P/c1-18(28)17-35(25-19(29-2)11-8-12-20(25)30-3,26-21(31-4)13-9-14-22(26)32-5)27-23(33-6)15-10-16-24(27)34-7/h8-16,18,28H,17H2,1-7H3/q+1. The highest BCUT2D eigenvalue weighted by Crippen LogP contribution is 2.65. The molecule has 8 heteroatoms. The molecule has 0 bridgehead atoms. The van der Waals surface area contributed by atoms with Gasteiger partial charge in [0.05, 0.1) is 48.8 Å². The summed E-state index contributed by atoms with van der Waals surface area (Å²) in [6.45, 7) is 1.76. The van der Waals surface area contributed by atoms with Gasteiger partial charge in [0.2, 0.25) is 0 Å². The topological polar surface area (TPSA) is 75.6 Å². The zero-order valence-electron chi connectivity index (χ0n) is 21.3. The van der Waals surface area contributed by atoms with Crippen molar-refractivity contribution in [2.45, 2.75) is 13.0 Å².